The summed E-state index contributed by atoms with van der Waals surface area (Å²) in [6.45, 7) is 9.16. The zero-order chi connectivity index (χ0) is 23.4. The number of piperidine rings is 2. The largest absolute Gasteiger partial charge is 0.343 e. The number of amides is 2. The Labute approximate surface area is 202 Å². The predicted molar refractivity (Wildman–Crippen MR) is 135 cm³/mol. The van der Waals surface area contributed by atoms with Crippen LogP contribution in [0.2, 0.25) is 0 Å². The van der Waals surface area contributed by atoms with Gasteiger partial charge in [0.25, 0.3) is 0 Å². The summed E-state index contributed by atoms with van der Waals surface area (Å²) in [5.41, 5.74) is 7.50. The molecule has 3 aliphatic heterocycles. The molecule has 0 bridgehead atoms. The van der Waals surface area contributed by atoms with Crippen molar-refractivity contribution in [3.63, 3.8) is 0 Å². The SMILES string of the molecule is CCN(CC)C(=O)C1CCCN(C2CCN(C(=O)C3C=C(c4ccccc4)SC3N)CC2)C1. The van der Waals surface area contributed by atoms with Crippen LogP contribution in [0.25, 0.3) is 4.91 Å². The van der Waals surface area contributed by atoms with Crippen LogP contribution in [0.4, 0.5) is 0 Å². The van der Waals surface area contributed by atoms with Crippen molar-refractivity contribution in [1.82, 2.24) is 14.7 Å². The highest BCUT2D eigenvalue weighted by Crippen LogP contribution is 2.41. The van der Waals surface area contributed by atoms with Gasteiger partial charge in [-0.2, -0.15) is 0 Å². The van der Waals surface area contributed by atoms with Gasteiger partial charge in [-0.05, 0) is 51.6 Å². The monoisotopic (exact) mass is 470 g/mol. The van der Waals surface area contributed by atoms with Gasteiger partial charge < -0.3 is 15.5 Å². The molecule has 33 heavy (non-hydrogen) atoms. The van der Waals surface area contributed by atoms with E-state index in [0.29, 0.717) is 11.9 Å². The number of likely N-dealkylation sites (tertiary alicyclic amines) is 2. The Morgan fingerprint density at radius 1 is 1.06 bits per heavy atom. The van der Waals surface area contributed by atoms with Crippen LogP contribution in [0.3, 0.4) is 0 Å². The van der Waals surface area contributed by atoms with Crippen molar-refractivity contribution >= 4 is 28.5 Å². The van der Waals surface area contributed by atoms with E-state index in [-0.39, 0.29) is 23.1 Å². The van der Waals surface area contributed by atoms with Crippen molar-refractivity contribution in [3.8, 4) is 0 Å². The molecule has 0 aromatic heterocycles. The number of rotatable bonds is 6. The molecule has 0 aliphatic carbocycles. The molecule has 3 heterocycles. The molecular weight excluding hydrogens is 432 g/mol. The van der Waals surface area contributed by atoms with Crippen LogP contribution >= 0.6 is 11.8 Å². The first-order valence-corrected chi connectivity index (χ1v) is 13.4. The maximum atomic E-state index is 13.3. The highest BCUT2D eigenvalue weighted by Gasteiger charge is 2.37. The number of thioether (sulfide) groups is 1. The van der Waals surface area contributed by atoms with Gasteiger partial charge >= 0.3 is 0 Å². The first kappa shape index (κ1) is 24.3. The lowest BCUT2D eigenvalue weighted by Gasteiger charge is -2.43. The summed E-state index contributed by atoms with van der Waals surface area (Å²) in [6.07, 6.45) is 6.09. The molecule has 1 aromatic carbocycles. The molecule has 3 atom stereocenters. The lowest BCUT2D eigenvalue weighted by molar-refractivity contribution is -0.137. The number of nitrogens with zero attached hydrogens (tertiary/aromatic N) is 3. The molecule has 0 saturated carbocycles. The van der Waals surface area contributed by atoms with Crippen molar-refractivity contribution in [2.24, 2.45) is 17.6 Å². The fourth-order valence-corrected chi connectivity index (χ4v) is 6.62. The van der Waals surface area contributed by atoms with Gasteiger partial charge in [0.2, 0.25) is 11.8 Å². The van der Waals surface area contributed by atoms with Gasteiger partial charge in [-0.25, -0.2) is 0 Å². The van der Waals surface area contributed by atoms with Gasteiger partial charge in [-0.3, -0.25) is 14.5 Å². The molecule has 2 fully saturated rings. The molecule has 7 heteroatoms. The van der Waals surface area contributed by atoms with Crippen molar-refractivity contribution in [2.45, 2.75) is 50.9 Å². The highest BCUT2D eigenvalue weighted by molar-refractivity contribution is 8.09. The fourth-order valence-electron chi connectivity index (χ4n) is 5.49. The number of nitrogens with two attached hydrogens (primary N) is 1. The lowest BCUT2D eigenvalue weighted by Crippen LogP contribution is -2.53. The van der Waals surface area contributed by atoms with E-state index in [0.717, 1.165) is 75.4 Å². The molecule has 1 aromatic rings. The molecule has 2 saturated heterocycles. The van der Waals surface area contributed by atoms with Crippen LogP contribution in [-0.4, -0.2) is 77.2 Å². The number of benzene rings is 1. The van der Waals surface area contributed by atoms with Crippen LogP contribution in [0, 0.1) is 11.8 Å². The van der Waals surface area contributed by atoms with Crippen LogP contribution < -0.4 is 5.73 Å². The zero-order valence-electron chi connectivity index (χ0n) is 20.0. The molecule has 0 radical (unpaired) electrons. The predicted octanol–water partition coefficient (Wildman–Crippen LogP) is 3.25. The van der Waals surface area contributed by atoms with E-state index in [1.165, 1.54) is 0 Å². The Morgan fingerprint density at radius 3 is 2.42 bits per heavy atom. The quantitative estimate of drug-likeness (QED) is 0.691. The zero-order valence-corrected chi connectivity index (χ0v) is 20.8. The Bertz CT molecular complexity index is 849. The van der Waals surface area contributed by atoms with Gasteiger partial charge in [0.1, 0.15) is 0 Å². The number of hydrogen-bond donors (Lipinski definition) is 1. The molecule has 3 unspecified atom stereocenters. The van der Waals surface area contributed by atoms with E-state index < -0.39 is 0 Å². The van der Waals surface area contributed by atoms with Crippen LogP contribution in [-0.2, 0) is 9.59 Å². The van der Waals surface area contributed by atoms with Gasteiger partial charge in [-0.15, -0.1) is 11.8 Å². The normalized spacial score (nSPS) is 26.8. The van der Waals surface area contributed by atoms with Gasteiger partial charge in [0, 0.05) is 43.7 Å². The van der Waals surface area contributed by atoms with E-state index in [9.17, 15) is 9.59 Å². The van der Waals surface area contributed by atoms with Crippen molar-refractivity contribution in [2.75, 3.05) is 39.3 Å². The summed E-state index contributed by atoms with van der Waals surface area (Å²) in [5, 5.41) is -0.223. The minimum atomic E-state index is -0.257. The molecule has 0 spiro atoms. The second kappa shape index (κ2) is 11.1. The highest BCUT2D eigenvalue weighted by atomic mass is 32.2. The van der Waals surface area contributed by atoms with Gasteiger partial charge in [0.05, 0.1) is 17.2 Å². The number of carbonyl (C=O) groups excluding carboxylic acids is 2. The third-order valence-electron chi connectivity index (χ3n) is 7.46. The van der Waals surface area contributed by atoms with Crippen molar-refractivity contribution in [3.05, 3.63) is 42.0 Å². The molecular formula is C26H38N4O2S. The minimum Gasteiger partial charge on any atom is -0.343 e. The van der Waals surface area contributed by atoms with Crippen molar-refractivity contribution < 1.29 is 9.59 Å². The lowest BCUT2D eigenvalue weighted by atomic mass is 9.92. The maximum absolute atomic E-state index is 13.3. The number of carbonyl (C=O) groups is 2. The third kappa shape index (κ3) is 5.47. The van der Waals surface area contributed by atoms with E-state index in [1.54, 1.807) is 11.8 Å². The van der Waals surface area contributed by atoms with E-state index in [2.05, 4.69) is 37.0 Å². The second-order valence-corrected chi connectivity index (χ2v) is 10.6. The molecule has 6 nitrogen and oxygen atoms in total. The first-order valence-electron chi connectivity index (χ1n) is 12.5. The van der Waals surface area contributed by atoms with Crippen molar-refractivity contribution in [1.29, 1.82) is 0 Å². The van der Waals surface area contributed by atoms with Gasteiger partial charge in [0.15, 0.2) is 0 Å². The summed E-state index contributed by atoms with van der Waals surface area (Å²) in [7, 11) is 0. The first-order chi connectivity index (χ1) is 16.0. The Morgan fingerprint density at radius 2 is 1.76 bits per heavy atom. The number of hydrogen-bond acceptors (Lipinski definition) is 5. The smallest absolute Gasteiger partial charge is 0.232 e. The summed E-state index contributed by atoms with van der Waals surface area (Å²) in [5.74, 6) is 0.333. The molecule has 180 valence electrons. The maximum Gasteiger partial charge on any atom is 0.232 e. The summed E-state index contributed by atoms with van der Waals surface area (Å²) in [4.78, 5) is 33.7. The second-order valence-electron chi connectivity index (χ2n) is 9.41. The molecule has 2 N–H and O–H groups in total. The standard InChI is InChI=1S/C26H38N4O2S/c1-3-28(4-2)25(31)20-11-8-14-30(18-20)21-12-15-29(16-13-21)26(32)22-17-23(33-24(22)27)19-9-6-5-7-10-19/h5-7,9-10,17,20-22,24H,3-4,8,11-16,18,27H2,1-2H3. The third-order valence-corrected chi connectivity index (χ3v) is 8.65. The van der Waals surface area contributed by atoms with E-state index in [4.69, 9.17) is 5.73 Å². The van der Waals surface area contributed by atoms with Crippen LogP contribution in [0.5, 0.6) is 0 Å². The van der Waals surface area contributed by atoms with Gasteiger partial charge in [-0.1, -0.05) is 36.4 Å². The molecule has 4 rings (SSSR count). The Hall–Kier alpha value is -1.83. The molecule has 3 aliphatic rings. The van der Waals surface area contributed by atoms with Crippen LogP contribution in [0.15, 0.2) is 36.4 Å². The average molecular weight is 471 g/mol. The topological polar surface area (TPSA) is 69.9 Å². The van der Waals surface area contributed by atoms with E-state index >= 15 is 0 Å². The molecule has 2 amide bonds. The minimum absolute atomic E-state index is 0.119. The Kier molecular flexibility index (Phi) is 8.15. The fraction of sp³-hybridized carbons (Fsp3) is 0.615. The summed E-state index contributed by atoms with van der Waals surface area (Å²) in [6, 6.07) is 10.6. The summed E-state index contributed by atoms with van der Waals surface area (Å²) >= 11 is 1.60. The van der Waals surface area contributed by atoms with E-state index in [1.807, 2.05) is 28.0 Å². The average Bonchev–Trinajstić information content (AvgIpc) is 3.26. The van der Waals surface area contributed by atoms with Crippen LogP contribution in [0.1, 0.15) is 45.1 Å². The summed E-state index contributed by atoms with van der Waals surface area (Å²) < 4.78 is 0. The Balaban J connectivity index is 1.32.